The molecule has 0 amide bonds. The van der Waals surface area contributed by atoms with Gasteiger partial charge in [-0.15, -0.1) is 0 Å². The van der Waals surface area contributed by atoms with E-state index < -0.39 is 0 Å². The minimum atomic E-state index is 1.04. The van der Waals surface area contributed by atoms with Crippen LogP contribution in [0.2, 0.25) is 0 Å². The van der Waals surface area contributed by atoms with Gasteiger partial charge in [-0.3, -0.25) is 0 Å². The Kier molecular flexibility index (Phi) is 8.51. The first-order chi connectivity index (χ1) is 9.61. The zero-order chi connectivity index (χ0) is 14.8. The largest absolute Gasteiger partial charge is 0.317 e. The molecule has 0 aliphatic heterocycles. The van der Waals surface area contributed by atoms with Crippen molar-refractivity contribution >= 4 is 0 Å². The molecule has 0 radical (unpaired) electrons. The molecule has 0 aromatic heterocycles. The number of nitrogens with zero attached hydrogens (tertiary/aromatic N) is 2. The Hall–Kier alpha value is -0.900. The van der Waals surface area contributed by atoms with E-state index in [-0.39, 0.29) is 0 Å². The Bertz CT molecular complexity index is 346. The highest BCUT2D eigenvalue weighted by molar-refractivity contribution is 5.22. The molecule has 1 N–H and O–H groups in total. The maximum absolute atomic E-state index is 3.36. The zero-order valence-corrected chi connectivity index (χ0v) is 13.7. The van der Waals surface area contributed by atoms with E-state index in [2.05, 4.69) is 67.4 Å². The third kappa shape index (κ3) is 7.63. The summed E-state index contributed by atoms with van der Waals surface area (Å²) in [5, 5.41) is 3.36. The van der Waals surface area contributed by atoms with Crippen LogP contribution in [0.4, 0.5) is 0 Å². The third-order valence-electron chi connectivity index (χ3n) is 3.46. The quantitative estimate of drug-likeness (QED) is 0.662. The molecule has 3 nitrogen and oxygen atoms in total. The van der Waals surface area contributed by atoms with Crippen LogP contribution in [0.1, 0.15) is 24.5 Å². The summed E-state index contributed by atoms with van der Waals surface area (Å²) in [6.45, 7) is 7.63. The maximum atomic E-state index is 3.36. The van der Waals surface area contributed by atoms with E-state index in [1.165, 1.54) is 17.5 Å². The van der Waals surface area contributed by atoms with Crippen LogP contribution in [-0.2, 0) is 13.0 Å². The monoisotopic (exact) mass is 277 g/mol. The average Bonchev–Trinajstić information content (AvgIpc) is 2.40. The number of hydrogen-bond acceptors (Lipinski definition) is 3. The fourth-order valence-corrected chi connectivity index (χ4v) is 2.27. The number of rotatable bonds is 10. The average molecular weight is 277 g/mol. The molecule has 1 aromatic rings. The molecule has 0 atom stereocenters. The Labute approximate surface area is 125 Å². The van der Waals surface area contributed by atoms with Crippen LogP contribution < -0.4 is 5.32 Å². The summed E-state index contributed by atoms with van der Waals surface area (Å²) >= 11 is 0. The highest BCUT2D eigenvalue weighted by Gasteiger charge is 2.01. The van der Waals surface area contributed by atoms with E-state index in [1.807, 2.05) is 0 Å². The number of nitrogens with one attached hydrogen (secondary N) is 1. The Morgan fingerprint density at radius 1 is 0.950 bits per heavy atom. The molecule has 114 valence electrons. The first-order valence-electron chi connectivity index (χ1n) is 7.73. The lowest BCUT2D eigenvalue weighted by Crippen LogP contribution is -2.23. The molecule has 0 aliphatic carbocycles. The van der Waals surface area contributed by atoms with Gasteiger partial charge in [0, 0.05) is 6.54 Å². The summed E-state index contributed by atoms with van der Waals surface area (Å²) in [5.74, 6) is 0. The van der Waals surface area contributed by atoms with E-state index in [4.69, 9.17) is 0 Å². The molecule has 0 fully saturated rings. The van der Waals surface area contributed by atoms with Crippen LogP contribution in [0.15, 0.2) is 24.3 Å². The topological polar surface area (TPSA) is 18.5 Å². The molecule has 0 heterocycles. The fourth-order valence-electron chi connectivity index (χ4n) is 2.27. The number of benzene rings is 1. The van der Waals surface area contributed by atoms with Crippen LogP contribution in [-0.4, -0.2) is 57.1 Å². The van der Waals surface area contributed by atoms with Crippen molar-refractivity contribution in [3.8, 4) is 0 Å². The van der Waals surface area contributed by atoms with Gasteiger partial charge < -0.3 is 15.1 Å². The number of hydrogen-bond donors (Lipinski definition) is 1. The van der Waals surface area contributed by atoms with Crippen molar-refractivity contribution < 1.29 is 0 Å². The van der Waals surface area contributed by atoms with Crippen molar-refractivity contribution in [1.29, 1.82) is 0 Å². The van der Waals surface area contributed by atoms with Gasteiger partial charge in [0.25, 0.3) is 0 Å². The second-order valence-electron chi connectivity index (χ2n) is 5.81. The van der Waals surface area contributed by atoms with Crippen molar-refractivity contribution in [3.63, 3.8) is 0 Å². The van der Waals surface area contributed by atoms with Crippen LogP contribution in [0, 0.1) is 0 Å². The van der Waals surface area contributed by atoms with E-state index in [0.717, 1.165) is 39.1 Å². The molecule has 0 unspecified atom stereocenters. The smallest absolute Gasteiger partial charge is 0.0230 e. The van der Waals surface area contributed by atoms with Gasteiger partial charge in [-0.25, -0.2) is 0 Å². The molecule has 3 heteroatoms. The molecule has 0 spiro atoms. The minimum absolute atomic E-state index is 1.04. The van der Waals surface area contributed by atoms with Crippen LogP contribution in [0.25, 0.3) is 0 Å². The lowest BCUT2D eigenvalue weighted by molar-refractivity contribution is 0.294. The summed E-state index contributed by atoms with van der Waals surface area (Å²) in [5.41, 5.74) is 2.83. The Morgan fingerprint density at radius 3 is 2.20 bits per heavy atom. The van der Waals surface area contributed by atoms with Crippen LogP contribution >= 0.6 is 0 Å². The minimum Gasteiger partial charge on any atom is -0.317 e. The van der Waals surface area contributed by atoms with Gasteiger partial charge in [0.05, 0.1) is 0 Å². The predicted octanol–water partition coefficient (Wildman–Crippen LogP) is 2.22. The van der Waals surface area contributed by atoms with Gasteiger partial charge in [-0.2, -0.15) is 0 Å². The van der Waals surface area contributed by atoms with E-state index in [0.29, 0.717) is 0 Å². The van der Waals surface area contributed by atoms with E-state index in [1.54, 1.807) is 0 Å². The molecular formula is C17H31N3. The summed E-state index contributed by atoms with van der Waals surface area (Å²) in [7, 11) is 6.47. The van der Waals surface area contributed by atoms with Gasteiger partial charge in [0.15, 0.2) is 0 Å². The second-order valence-corrected chi connectivity index (χ2v) is 5.81. The Balaban J connectivity index is 2.29. The van der Waals surface area contributed by atoms with Gasteiger partial charge in [0.1, 0.15) is 0 Å². The van der Waals surface area contributed by atoms with Crippen molar-refractivity contribution in [1.82, 2.24) is 15.1 Å². The van der Waals surface area contributed by atoms with Gasteiger partial charge in [-0.05, 0) is 71.3 Å². The zero-order valence-electron chi connectivity index (χ0n) is 13.7. The molecule has 20 heavy (non-hydrogen) atoms. The van der Waals surface area contributed by atoms with Crippen LogP contribution in [0.5, 0.6) is 0 Å². The lowest BCUT2D eigenvalue weighted by atomic mass is 10.1. The Morgan fingerprint density at radius 2 is 1.60 bits per heavy atom. The van der Waals surface area contributed by atoms with Crippen molar-refractivity contribution in [2.24, 2.45) is 0 Å². The number of likely N-dealkylation sites (N-methyl/N-ethyl adjacent to an activating group) is 1. The second kappa shape index (κ2) is 9.92. The molecular weight excluding hydrogens is 246 g/mol. The summed E-state index contributed by atoms with van der Waals surface area (Å²) in [4.78, 5) is 4.64. The van der Waals surface area contributed by atoms with Crippen molar-refractivity contribution in [2.75, 3.05) is 47.3 Å². The summed E-state index contributed by atoms with van der Waals surface area (Å²) < 4.78 is 0. The first-order valence-corrected chi connectivity index (χ1v) is 7.73. The SMILES string of the molecule is CCNCCc1ccc(CN(C)CCCN(C)C)cc1. The highest BCUT2D eigenvalue weighted by Crippen LogP contribution is 2.07. The lowest BCUT2D eigenvalue weighted by Gasteiger charge is -2.18. The maximum Gasteiger partial charge on any atom is 0.0230 e. The van der Waals surface area contributed by atoms with E-state index >= 15 is 0 Å². The molecule has 0 saturated carbocycles. The molecule has 0 saturated heterocycles. The normalized spacial score (nSPS) is 11.5. The molecule has 0 aliphatic rings. The van der Waals surface area contributed by atoms with Crippen molar-refractivity contribution in [2.45, 2.75) is 26.3 Å². The van der Waals surface area contributed by atoms with Gasteiger partial charge in [-0.1, -0.05) is 31.2 Å². The highest BCUT2D eigenvalue weighted by atomic mass is 15.1. The van der Waals surface area contributed by atoms with Crippen molar-refractivity contribution in [3.05, 3.63) is 35.4 Å². The standard InChI is InChI=1S/C17H31N3/c1-5-18-12-11-16-7-9-17(10-8-16)15-20(4)14-6-13-19(2)3/h7-10,18H,5-6,11-15H2,1-4H3. The summed E-state index contributed by atoms with van der Waals surface area (Å²) in [6, 6.07) is 9.06. The molecule has 0 bridgehead atoms. The molecule has 1 rings (SSSR count). The summed E-state index contributed by atoms with van der Waals surface area (Å²) in [6.07, 6.45) is 2.34. The van der Waals surface area contributed by atoms with Crippen LogP contribution in [0.3, 0.4) is 0 Å². The van der Waals surface area contributed by atoms with Gasteiger partial charge >= 0.3 is 0 Å². The van der Waals surface area contributed by atoms with E-state index in [9.17, 15) is 0 Å². The molecule has 1 aromatic carbocycles. The van der Waals surface area contributed by atoms with Gasteiger partial charge in [0.2, 0.25) is 0 Å². The first kappa shape index (κ1) is 17.2. The fraction of sp³-hybridized carbons (Fsp3) is 0.647. The predicted molar refractivity (Wildman–Crippen MR) is 88.2 cm³/mol. The third-order valence-corrected chi connectivity index (χ3v) is 3.46.